The van der Waals surface area contributed by atoms with E-state index in [0.29, 0.717) is 23.3 Å². The summed E-state index contributed by atoms with van der Waals surface area (Å²) in [6.45, 7) is 1.83. The van der Waals surface area contributed by atoms with Crippen molar-refractivity contribution in [1.82, 2.24) is 4.98 Å². The van der Waals surface area contributed by atoms with E-state index in [-0.39, 0.29) is 11.7 Å². The minimum absolute atomic E-state index is 0.109. The number of furan rings is 1. The zero-order chi connectivity index (χ0) is 13.4. The third-order valence-electron chi connectivity index (χ3n) is 2.94. The average Bonchev–Trinajstić information content (AvgIpc) is 3.01. The molecular formula is C14H11NO4. The lowest BCUT2D eigenvalue weighted by Gasteiger charge is -1.90. The normalized spacial score (nSPS) is 11.0. The van der Waals surface area contributed by atoms with E-state index in [2.05, 4.69) is 4.98 Å². The fourth-order valence-corrected chi connectivity index (χ4v) is 2.02. The van der Waals surface area contributed by atoms with Crippen molar-refractivity contribution in [2.24, 2.45) is 0 Å². The molecule has 0 aliphatic rings. The third-order valence-corrected chi connectivity index (χ3v) is 2.94. The van der Waals surface area contributed by atoms with Gasteiger partial charge in [0.15, 0.2) is 0 Å². The van der Waals surface area contributed by atoms with Gasteiger partial charge in [-0.3, -0.25) is 0 Å². The van der Waals surface area contributed by atoms with Crippen molar-refractivity contribution in [1.29, 1.82) is 0 Å². The first-order valence-electron chi connectivity index (χ1n) is 5.90. The maximum absolute atomic E-state index is 11.1. The first-order valence-corrected chi connectivity index (χ1v) is 5.90. The molecule has 5 nitrogen and oxygen atoms in total. The smallest absolute Gasteiger partial charge is 0.373 e. The lowest BCUT2D eigenvalue weighted by molar-refractivity contribution is 0.0662. The monoisotopic (exact) mass is 257 g/mol. The SMILES string of the molecule is CCc1nc(-c2coc3ccccc23)oc1C(=O)O. The van der Waals surface area contributed by atoms with E-state index in [4.69, 9.17) is 13.9 Å². The summed E-state index contributed by atoms with van der Waals surface area (Å²) in [6.07, 6.45) is 2.03. The largest absolute Gasteiger partial charge is 0.475 e. The topological polar surface area (TPSA) is 76.5 Å². The molecule has 3 aromatic rings. The van der Waals surface area contributed by atoms with Crippen LogP contribution < -0.4 is 0 Å². The fraction of sp³-hybridized carbons (Fsp3) is 0.143. The van der Waals surface area contributed by atoms with Gasteiger partial charge in [-0.05, 0) is 12.5 Å². The van der Waals surface area contributed by atoms with Gasteiger partial charge in [-0.1, -0.05) is 25.1 Å². The molecule has 0 spiro atoms. The molecule has 0 saturated carbocycles. The first kappa shape index (κ1) is 11.5. The van der Waals surface area contributed by atoms with E-state index < -0.39 is 5.97 Å². The predicted octanol–water partition coefficient (Wildman–Crippen LogP) is 3.35. The molecule has 96 valence electrons. The van der Waals surface area contributed by atoms with Crippen LogP contribution in [0.4, 0.5) is 0 Å². The summed E-state index contributed by atoms with van der Waals surface area (Å²) in [5.41, 5.74) is 1.82. The van der Waals surface area contributed by atoms with Gasteiger partial charge in [0.25, 0.3) is 0 Å². The minimum Gasteiger partial charge on any atom is -0.475 e. The molecule has 3 rings (SSSR count). The Morgan fingerprint density at radius 2 is 2.16 bits per heavy atom. The summed E-state index contributed by atoms with van der Waals surface area (Å²) >= 11 is 0. The number of hydrogen-bond acceptors (Lipinski definition) is 4. The lowest BCUT2D eigenvalue weighted by Crippen LogP contribution is -1.98. The van der Waals surface area contributed by atoms with Crippen LogP contribution >= 0.6 is 0 Å². The van der Waals surface area contributed by atoms with Crippen molar-refractivity contribution in [2.75, 3.05) is 0 Å². The van der Waals surface area contributed by atoms with Gasteiger partial charge in [-0.15, -0.1) is 0 Å². The second-order valence-corrected chi connectivity index (χ2v) is 4.10. The molecule has 2 heterocycles. The Bertz CT molecular complexity index is 754. The van der Waals surface area contributed by atoms with Gasteiger partial charge in [-0.25, -0.2) is 9.78 Å². The number of carboxylic acid groups (broad SMARTS) is 1. The van der Waals surface area contributed by atoms with Gasteiger partial charge < -0.3 is 13.9 Å². The van der Waals surface area contributed by atoms with Gasteiger partial charge >= 0.3 is 5.97 Å². The van der Waals surface area contributed by atoms with Crippen molar-refractivity contribution >= 4 is 16.9 Å². The number of aromatic carboxylic acids is 1. The van der Waals surface area contributed by atoms with Crippen LogP contribution in [0.5, 0.6) is 0 Å². The van der Waals surface area contributed by atoms with Crippen molar-refractivity contribution in [3.8, 4) is 11.5 Å². The Kier molecular flexibility index (Phi) is 2.59. The number of carbonyl (C=O) groups is 1. The summed E-state index contributed by atoms with van der Waals surface area (Å²) < 4.78 is 10.7. The van der Waals surface area contributed by atoms with Crippen molar-refractivity contribution in [3.05, 3.63) is 42.0 Å². The number of fused-ring (bicyclic) bond motifs is 1. The molecule has 0 amide bonds. The van der Waals surface area contributed by atoms with Gasteiger partial charge in [0.1, 0.15) is 11.8 Å². The van der Waals surface area contributed by atoms with E-state index in [0.717, 1.165) is 5.39 Å². The molecule has 2 aromatic heterocycles. The number of aryl methyl sites for hydroxylation is 1. The number of hydrogen-bond donors (Lipinski definition) is 1. The Morgan fingerprint density at radius 3 is 2.84 bits per heavy atom. The van der Waals surface area contributed by atoms with Crippen molar-refractivity contribution in [2.45, 2.75) is 13.3 Å². The van der Waals surface area contributed by atoms with Crippen molar-refractivity contribution in [3.63, 3.8) is 0 Å². The Labute approximate surface area is 108 Å². The van der Waals surface area contributed by atoms with E-state index in [1.165, 1.54) is 6.26 Å². The van der Waals surface area contributed by atoms with Crippen LogP contribution in [-0.4, -0.2) is 16.1 Å². The van der Waals surface area contributed by atoms with E-state index in [1.54, 1.807) is 0 Å². The molecule has 0 atom stereocenters. The number of carboxylic acids is 1. The predicted molar refractivity (Wildman–Crippen MR) is 68.0 cm³/mol. The maximum Gasteiger partial charge on any atom is 0.373 e. The second-order valence-electron chi connectivity index (χ2n) is 4.10. The van der Waals surface area contributed by atoms with Crippen molar-refractivity contribution < 1.29 is 18.7 Å². The standard InChI is InChI=1S/C14H11NO4/c1-2-10-12(14(16)17)19-13(15-10)9-7-18-11-6-4-3-5-8(9)11/h3-7H,2H2,1H3,(H,16,17). The number of benzene rings is 1. The molecule has 0 unspecified atom stereocenters. The van der Waals surface area contributed by atoms with Crippen LogP contribution in [0.25, 0.3) is 22.4 Å². The second kappa shape index (κ2) is 4.28. The Balaban J connectivity index is 2.19. The molecule has 0 aliphatic heterocycles. The maximum atomic E-state index is 11.1. The number of para-hydroxylation sites is 1. The summed E-state index contributed by atoms with van der Waals surface area (Å²) in [5.74, 6) is -0.939. The van der Waals surface area contributed by atoms with Crippen LogP contribution in [0.2, 0.25) is 0 Å². The quantitative estimate of drug-likeness (QED) is 0.778. The fourth-order valence-electron chi connectivity index (χ4n) is 2.02. The van der Waals surface area contributed by atoms with E-state index in [1.807, 2.05) is 31.2 Å². The van der Waals surface area contributed by atoms with Crippen LogP contribution in [0.3, 0.4) is 0 Å². The van der Waals surface area contributed by atoms with Crippen LogP contribution in [0, 0.1) is 0 Å². The van der Waals surface area contributed by atoms with Gasteiger partial charge in [-0.2, -0.15) is 0 Å². The molecule has 0 fully saturated rings. The van der Waals surface area contributed by atoms with Gasteiger partial charge in [0.2, 0.25) is 11.7 Å². The summed E-state index contributed by atoms with van der Waals surface area (Å²) in [4.78, 5) is 15.3. The summed E-state index contributed by atoms with van der Waals surface area (Å²) in [5, 5.41) is 9.91. The highest BCUT2D eigenvalue weighted by Crippen LogP contribution is 2.31. The summed E-state index contributed by atoms with van der Waals surface area (Å²) in [7, 11) is 0. The van der Waals surface area contributed by atoms with Gasteiger partial charge in [0, 0.05) is 5.39 Å². The Hall–Kier alpha value is -2.56. The third kappa shape index (κ3) is 1.79. The van der Waals surface area contributed by atoms with Crippen LogP contribution in [0.1, 0.15) is 23.2 Å². The molecular weight excluding hydrogens is 246 g/mol. The van der Waals surface area contributed by atoms with E-state index in [9.17, 15) is 4.79 Å². The lowest BCUT2D eigenvalue weighted by atomic mass is 10.2. The number of aromatic nitrogens is 1. The van der Waals surface area contributed by atoms with Crippen LogP contribution in [-0.2, 0) is 6.42 Å². The highest BCUT2D eigenvalue weighted by molar-refractivity contribution is 5.92. The number of nitrogens with zero attached hydrogens (tertiary/aromatic N) is 1. The zero-order valence-corrected chi connectivity index (χ0v) is 10.2. The zero-order valence-electron chi connectivity index (χ0n) is 10.2. The molecule has 0 saturated heterocycles. The highest BCUT2D eigenvalue weighted by atomic mass is 16.4. The number of oxazole rings is 1. The first-order chi connectivity index (χ1) is 9.20. The minimum atomic E-state index is -1.11. The molecule has 5 heteroatoms. The molecule has 1 aromatic carbocycles. The number of rotatable bonds is 3. The Morgan fingerprint density at radius 1 is 1.37 bits per heavy atom. The molecule has 0 aliphatic carbocycles. The average molecular weight is 257 g/mol. The summed E-state index contributed by atoms with van der Waals surface area (Å²) in [6, 6.07) is 7.46. The molecule has 19 heavy (non-hydrogen) atoms. The molecule has 0 bridgehead atoms. The molecule has 0 radical (unpaired) electrons. The highest BCUT2D eigenvalue weighted by Gasteiger charge is 2.21. The van der Waals surface area contributed by atoms with Crippen LogP contribution in [0.15, 0.2) is 39.4 Å². The molecule has 1 N–H and O–H groups in total. The van der Waals surface area contributed by atoms with Gasteiger partial charge in [0.05, 0.1) is 11.3 Å². The van der Waals surface area contributed by atoms with E-state index >= 15 is 0 Å².